The number of hydrogen-bond acceptors (Lipinski definition) is 0. The van der Waals surface area contributed by atoms with E-state index >= 15 is 0 Å². The second kappa shape index (κ2) is 2.40. The van der Waals surface area contributed by atoms with Gasteiger partial charge in [-0.3, -0.25) is 0 Å². The van der Waals surface area contributed by atoms with E-state index in [1.165, 1.54) is 24.8 Å². The van der Waals surface area contributed by atoms with E-state index < -0.39 is 0 Å². The second-order valence-corrected chi connectivity index (χ2v) is 4.73. The van der Waals surface area contributed by atoms with Crippen molar-refractivity contribution in [3.05, 3.63) is 12.2 Å². The summed E-state index contributed by atoms with van der Waals surface area (Å²) in [5.74, 6) is 1.82. The molecule has 2 aliphatic carbocycles. The zero-order valence-electron chi connectivity index (χ0n) is 8.14. The van der Waals surface area contributed by atoms with Crippen LogP contribution in [0.1, 0.15) is 33.1 Å². The first kappa shape index (κ1) is 8.41. The zero-order chi connectivity index (χ0) is 8.93. The predicted octanol–water partition coefficient (Wildman–Crippen LogP) is 2.96. The van der Waals surface area contributed by atoms with Crippen LogP contribution in [0.15, 0.2) is 12.2 Å². The zero-order valence-corrected chi connectivity index (χ0v) is 8.14. The molecule has 2 bridgehead atoms. The highest BCUT2D eigenvalue weighted by Crippen LogP contribution is 2.65. The second-order valence-electron chi connectivity index (χ2n) is 4.73. The fourth-order valence-corrected chi connectivity index (χ4v) is 3.58. The number of allylic oxidation sites excluding steroid dienone is 1. The average Bonchev–Trinajstić information content (AvgIpc) is 2.37. The molecule has 0 nitrogen and oxygen atoms in total. The Morgan fingerprint density at radius 1 is 1.67 bits per heavy atom. The molecule has 2 saturated carbocycles. The van der Waals surface area contributed by atoms with Crippen LogP contribution in [0, 0.1) is 17.3 Å². The largest absolute Gasteiger partial charge is 0.0996 e. The Kier molecular flexibility index (Phi) is 1.68. The first-order chi connectivity index (χ1) is 5.60. The predicted molar refractivity (Wildman–Crippen MR) is 53.3 cm³/mol. The number of fused-ring (bicyclic) bond motifs is 2. The van der Waals surface area contributed by atoms with Gasteiger partial charge in [0.25, 0.3) is 0 Å². The Morgan fingerprint density at radius 3 is 2.67 bits per heavy atom. The van der Waals surface area contributed by atoms with E-state index in [4.69, 9.17) is 7.85 Å². The highest BCUT2D eigenvalue weighted by Gasteiger charge is 2.54. The average molecular weight is 160 g/mol. The lowest BCUT2D eigenvalue weighted by Crippen LogP contribution is -2.19. The van der Waals surface area contributed by atoms with Gasteiger partial charge in [-0.25, -0.2) is 0 Å². The van der Waals surface area contributed by atoms with Crippen molar-refractivity contribution < 1.29 is 0 Å². The summed E-state index contributed by atoms with van der Waals surface area (Å²) in [5, 5.41) is 0. The van der Waals surface area contributed by atoms with Gasteiger partial charge in [0.2, 0.25) is 0 Å². The van der Waals surface area contributed by atoms with Gasteiger partial charge < -0.3 is 0 Å². The summed E-state index contributed by atoms with van der Waals surface area (Å²) in [6.07, 6.45) is 3.74. The molecule has 0 aromatic carbocycles. The monoisotopic (exact) mass is 160 g/mol. The standard InChI is InChI=1S/C11H17B/c1-4-11-5-7(2)10(8(11)3)9(12)6-11/h8-10H,2,4-6H2,1,3H3/t8?,9-,10-,11+/m1/s1. The molecule has 2 radical (unpaired) electrons. The maximum atomic E-state index is 6.10. The molecule has 2 rings (SSSR count). The van der Waals surface area contributed by atoms with Gasteiger partial charge >= 0.3 is 0 Å². The maximum absolute atomic E-state index is 6.10. The van der Waals surface area contributed by atoms with E-state index in [9.17, 15) is 0 Å². The molecule has 64 valence electrons. The van der Waals surface area contributed by atoms with Gasteiger partial charge in [-0.2, -0.15) is 0 Å². The van der Waals surface area contributed by atoms with Crippen LogP contribution in [-0.4, -0.2) is 7.85 Å². The smallest absolute Gasteiger partial charge is 0.0708 e. The molecule has 0 N–H and O–H groups in total. The van der Waals surface area contributed by atoms with E-state index in [1.807, 2.05) is 0 Å². The van der Waals surface area contributed by atoms with Crippen molar-refractivity contribution in [1.29, 1.82) is 0 Å². The van der Waals surface area contributed by atoms with E-state index in [-0.39, 0.29) is 0 Å². The van der Waals surface area contributed by atoms with Crippen LogP contribution in [-0.2, 0) is 0 Å². The van der Waals surface area contributed by atoms with Gasteiger partial charge in [-0.1, -0.05) is 38.2 Å². The lowest BCUT2D eigenvalue weighted by molar-refractivity contribution is 0.230. The third-order valence-corrected chi connectivity index (χ3v) is 4.36. The third kappa shape index (κ3) is 0.801. The van der Waals surface area contributed by atoms with Gasteiger partial charge in [0.05, 0.1) is 7.85 Å². The Labute approximate surface area is 76.8 Å². The lowest BCUT2D eigenvalue weighted by atomic mass is 9.69. The summed E-state index contributed by atoms with van der Waals surface area (Å²) >= 11 is 0. The van der Waals surface area contributed by atoms with Crippen molar-refractivity contribution >= 4 is 7.85 Å². The molecule has 1 heteroatoms. The van der Waals surface area contributed by atoms with Crippen molar-refractivity contribution in [2.45, 2.75) is 38.9 Å². The molecule has 0 heterocycles. The van der Waals surface area contributed by atoms with Crippen molar-refractivity contribution in [3.63, 3.8) is 0 Å². The summed E-state index contributed by atoms with van der Waals surface area (Å²) in [7, 11) is 6.10. The summed E-state index contributed by atoms with van der Waals surface area (Å²) in [6, 6.07) is 0. The Morgan fingerprint density at radius 2 is 2.33 bits per heavy atom. The molecule has 0 amide bonds. The number of rotatable bonds is 1. The van der Waals surface area contributed by atoms with Crippen molar-refractivity contribution in [1.82, 2.24) is 0 Å². The molecular formula is C11H17B. The van der Waals surface area contributed by atoms with Crippen LogP contribution < -0.4 is 0 Å². The molecule has 0 spiro atoms. The van der Waals surface area contributed by atoms with E-state index in [2.05, 4.69) is 20.4 Å². The quantitative estimate of drug-likeness (QED) is 0.408. The van der Waals surface area contributed by atoms with Crippen LogP contribution in [0.5, 0.6) is 0 Å². The van der Waals surface area contributed by atoms with E-state index in [1.54, 1.807) is 0 Å². The van der Waals surface area contributed by atoms with Gasteiger partial charge in [0, 0.05) is 0 Å². The fourth-order valence-electron chi connectivity index (χ4n) is 3.58. The minimum absolute atomic E-state index is 0.404. The minimum Gasteiger partial charge on any atom is -0.0996 e. The molecule has 12 heavy (non-hydrogen) atoms. The summed E-state index contributed by atoms with van der Waals surface area (Å²) in [6.45, 7) is 8.81. The Bertz CT molecular complexity index is 221. The Hall–Kier alpha value is -0.195. The highest BCUT2D eigenvalue weighted by molar-refractivity contribution is 6.12. The SMILES string of the molecule is [B][C@@H]1C[C@]2(CC)CC(=C)[C@@H]1C2C. The summed E-state index contributed by atoms with van der Waals surface area (Å²) < 4.78 is 0. The fraction of sp³-hybridized carbons (Fsp3) is 0.818. The first-order valence-electron chi connectivity index (χ1n) is 5.04. The van der Waals surface area contributed by atoms with Crippen molar-refractivity contribution in [2.24, 2.45) is 17.3 Å². The maximum Gasteiger partial charge on any atom is 0.0708 e. The van der Waals surface area contributed by atoms with Gasteiger partial charge in [-0.05, 0) is 30.1 Å². The van der Waals surface area contributed by atoms with Gasteiger partial charge in [0.15, 0.2) is 0 Å². The van der Waals surface area contributed by atoms with Crippen LogP contribution in [0.2, 0.25) is 5.82 Å². The number of hydrogen-bond donors (Lipinski definition) is 0. The summed E-state index contributed by atoms with van der Waals surface area (Å²) in [4.78, 5) is 0. The van der Waals surface area contributed by atoms with E-state index in [0.717, 1.165) is 5.92 Å². The van der Waals surface area contributed by atoms with Crippen molar-refractivity contribution in [2.75, 3.05) is 0 Å². The third-order valence-electron chi connectivity index (χ3n) is 4.36. The molecule has 0 saturated heterocycles. The van der Waals surface area contributed by atoms with Crippen LogP contribution in [0.25, 0.3) is 0 Å². The van der Waals surface area contributed by atoms with Crippen LogP contribution >= 0.6 is 0 Å². The molecule has 0 aliphatic heterocycles. The van der Waals surface area contributed by atoms with Gasteiger partial charge in [0.1, 0.15) is 0 Å². The van der Waals surface area contributed by atoms with Crippen LogP contribution in [0.4, 0.5) is 0 Å². The highest BCUT2D eigenvalue weighted by atomic mass is 14.6. The minimum atomic E-state index is 0.404. The topological polar surface area (TPSA) is 0 Å². The summed E-state index contributed by atoms with van der Waals surface area (Å²) in [5.41, 5.74) is 1.95. The molecule has 1 unspecified atom stereocenters. The van der Waals surface area contributed by atoms with Gasteiger partial charge in [-0.15, -0.1) is 0 Å². The van der Waals surface area contributed by atoms with Crippen LogP contribution in [0.3, 0.4) is 0 Å². The molecule has 2 fully saturated rings. The first-order valence-corrected chi connectivity index (χ1v) is 5.04. The molecule has 2 aliphatic rings. The molecule has 0 aromatic heterocycles. The molecule has 4 atom stereocenters. The Balaban J connectivity index is 2.34. The molecule has 0 aromatic rings. The molecular weight excluding hydrogens is 143 g/mol. The van der Waals surface area contributed by atoms with Crippen molar-refractivity contribution in [3.8, 4) is 0 Å². The normalized spacial score (nSPS) is 51.8. The van der Waals surface area contributed by atoms with E-state index in [0.29, 0.717) is 17.2 Å². The lowest BCUT2D eigenvalue weighted by Gasteiger charge is -2.30.